The lowest BCUT2D eigenvalue weighted by molar-refractivity contribution is 0.347. The predicted molar refractivity (Wildman–Crippen MR) is 95.2 cm³/mol. The summed E-state index contributed by atoms with van der Waals surface area (Å²) in [5, 5.41) is 0.711. The number of nitrogens with two attached hydrogens (primary N) is 1. The van der Waals surface area contributed by atoms with E-state index >= 15 is 0 Å². The van der Waals surface area contributed by atoms with Crippen molar-refractivity contribution in [3.05, 3.63) is 64.7 Å². The number of hydrogen-bond donors (Lipinski definition) is 1. The third kappa shape index (κ3) is 5.76. The Kier molecular flexibility index (Phi) is 8.11. The lowest BCUT2D eigenvalue weighted by Gasteiger charge is -2.08. The minimum Gasteiger partial charge on any atom is -0.312 e. The summed E-state index contributed by atoms with van der Waals surface area (Å²) in [6.45, 7) is 8.76. The molecule has 0 saturated carbocycles. The van der Waals surface area contributed by atoms with Crippen molar-refractivity contribution in [3.63, 3.8) is 0 Å². The molecule has 0 aliphatic rings. The third-order valence-corrected chi connectivity index (χ3v) is 4.65. The minimum absolute atomic E-state index is 0.00664. The van der Waals surface area contributed by atoms with Crippen molar-refractivity contribution in [2.24, 2.45) is 5.73 Å². The first-order chi connectivity index (χ1) is 10.5. The van der Waals surface area contributed by atoms with Gasteiger partial charge < -0.3 is 10.3 Å². The van der Waals surface area contributed by atoms with E-state index in [9.17, 15) is 4.57 Å². The van der Waals surface area contributed by atoms with Crippen LogP contribution in [0.2, 0.25) is 0 Å². The van der Waals surface area contributed by atoms with Crippen molar-refractivity contribution >= 4 is 13.3 Å². The summed E-state index contributed by atoms with van der Waals surface area (Å²) in [6.07, 6.45) is 1.15. The summed E-state index contributed by atoms with van der Waals surface area (Å²) in [5.74, 6) is 0. The van der Waals surface area contributed by atoms with E-state index in [2.05, 4.69) is 39.8 Å². The first-order valence-electron chi connectivity index (χ1n) is 7.48. The fraction of sp³-hybridized carbons (Fsp3) is 0.333. The lowest BCUT2D eigenvalue weighted by atomic mass is 9.98. The molecule has 4 heteroatoms. The van der Waals surface area contributed by atoms with Crippen LogP contribution in [0.4, 0.5) is 0 Å². The van der Waals surface area contributed by atoms with Crippen LogP contribution in [0.15, 0.2) is 42.5 Å². The lowest BCUT2D eigenvalue weighted by Crippen LogP contribution is -2.03. The Hall–Kier alpha value is -1.41. The molecule has 0 spiro atoms. The van der Waals surface area contributed by atoms with Crippen molar-refractivity contribution in [1.82, 2.24) is 0 Å². The highest BCUT2D eigenvalue weighted by Crippen LogP contribution is 2.19. The number of aryl methyl sites for hydroxylation is 3. The van der Waals surface area contributed by atoms with Gasteiger partial charge in [-0.1, -0.05) is 42.8 Å². The van der Waals surface area contributed by atoms with E-state index in [-0.39, 0.29) is 6.73 Å². The normalized spacial score (nSPS) is 11.5. The van der Waals surface area contributed by atoms with E-state index in [1.54, 1.807) is 12.1 Å². The summed E-state index contributed by atoms with van der Waals surface area (Å²) in [5.41, 5.74) is 10.8. The standard InChI is InChI=1S/C11H16.C7H10NO2P/c1-5-11-9(3)6-8(2)7-10(11)4;8-6-10-11(9)7-4-2-1-3-5-7/h6-7H,5H2,1-4H3;1-5,11H,6,8H2. The Labute approximate surface area is 134 Å². The molecular formula is C18H26NO2P. The molecule has 0 aliphatic heterocycles. The number of hydrogen-bond acceptors (Lipinski definition) is 3. The van der Waals surface area contributed by atoms with Crippen molar-refractivity contribution in [3.8, 4) is 0 Å². The molecule has 0 amide bonds. The summed E-state index contributed by atoms with van der Waals surface area (Å²) >= 11 is 0. The average Bonchev–Trinajstić information content (AvgIpc) is 2.48. The first-order valence-corrected chi connectivity index (χ1v) is 8.80. The molecule has 0 saturated heterocycles. The van der Waals surface area contributed by atoms with Gasteiger partial charge in [-0.25, -0.2) is 0 Å². The van der Waals surface area contributed by atoms with Crippen molar-refractivity contribution < 1.29 is 9.09 Å². The SMILES string of the molecule is CCc1c(C)cc(C)cc1C.NCO[PH](=O)c1ccccc1. The van der Waals surface area contributed by atoms with Crippen LogP contribution in [0, 0.1) is 20.8 Å². The van der Waals surface area contributed by atoms with Gasteiger partial charge in [0.15, 0.2) is 0 Å². The van der Waals surface area contributed by atoms with E-state index in [0.717, 1.165) is 6.42 Å². The van der Waals surface area contributed by atoms with Crippen LogP contribution in [0.1, 0.15) is 29.2 Å². The molecule has 1 atom stereocenters. The molecule has 2 aromatic rings. The fourth-order valence-corrected chi connectivity index (χ4v) is 3.28. The van der Waals surface area contributed by atoms with Crippen molar-refractivity contribution in [2.75, 3.05) is 6.73 Å². The van der Waals surface area contributed by atoms with E-state index in [0.29, 0.717) is 5.30 Å². The van der Waals surface area contributed by atoms with Gasteiger partial charge in [-0.05, 0) is 56.0 Å². The largest absolute Gasteiger partial charge is 0.312 e. The summed E-state index contributed by atoms with van der Waals surface area (Å²) in [7, 11) is -2.09. The van der Waals surface area contributed by atoms with Crippen molar-refractivity contribution in [1.29, 1.82) is 0 Å². The van der Waals surface area contributed by atoms with E-state index in [1.807, 2.05) is 18.2 Å². The van der Waals surface area contributed by atoms with Gasteiger partial charge in [0, 0.05) is 5.30 Å². The molecule has 0 bridgehead atoms. The second kappa shape index (κ2) is 9.58. The van der Waals surface area contributed by atoms with Crippen LogP contribution < -0.4 is 11.0 Å². The third-order valence-electron chi connectivity index (χ3n) is 3.42. The van der Waals surface area contributed by atoms with E-state index in [4.69, 9.17) is 10.3 Å². The van der Waals surface area contributed by atoms with E-state index in [1.165, 1.54) is 22.3 Å². The highest BCUT2D eigenvalue weighted by atomic mass is 31.1. The molecule has 120 valence electrons. The smallest absolute Gasteiger partial charge is 0.221 e. The van der Waals surface area contributed by atoms with Crippen molar-refractivity contribution in [2.45, 2.75) is 34.1 Å². The van der Waals surface area contributed by atoms with Crippen LogP contribution in [-0.2, 0) is 15.5 Å². The molecule has 3 nitrogen and oxygen atoms in total. The van der Waals surface area contributed by atoms with Gasteiger partial charge in [0.1, 0.15) is 6.73 Å². The Morgan fingerprint density at radius 3 is 2.05 bits per heavy atom. The molecule has 0 fully saturated rings. The van der Waals surface area contributed by atoms with Crippen LogP contribution in [0.3, 0.4) is 0 Å². The zero-order valence-electron chi connectivity index (χ0n) is 13.8. The quantitative estimate of drug-likeness (QED) is 0.687. The Morgan fingerprint density at radius 2 is 1.59 bits per heavy atom. The van der Waals surface area contributed by atoms with Crippen LogP contribution in [-0.4, -0.2) is 6.73 Å². The number of rotatable bonds is 4. The topological polar surface area (TPSA) is 52.3 Å². The number of benzene rings is 2. The zero-order chi connectivity index (χ0) is 16.5. The minimum atomic E-state index is -2.09. The molecule has 0 heterocycles. The van der Waals surface area contributed by atoms with Gasteiger partial charge in [0.25, 0.3) is 0 Å². The molecule has 2 aromatic carbocycles. The molecule has 2 rings (SSSR count). The van der Waals surface area contributed by atoms with Crippen LogP contribution in [0.5, 0.6) is 0 Å². The summed E-state index contributed by atoms with van der Waals surface area (Å²) < 4.78 is 15.9. The van der Waals surface area contributed by atoms with Crippen LogP contribution in [0.25, 0.3) is 0 Å². The highest BCUT2D eigenvalue weighted by molar-refractivity contribution is 7.48. The van der Waals surface area contributed by atoms with Gasteiger partial charge in [0.2, 0.25) is 8.03 Å². The molecule has 22 heavy (non-hydrogen) atoms. The second-order valence-electron chi connectivity index (χ2n) is 5.20. The molecule has 0 aromatic heterocycles. The fourth-order valence-electron chi connectivity index (χ4n) is 2.50. The monoisotopic (exact) mass is 319 g/mol. The van der Waals surface area contributed by atoms with Gasteiger partial charge in [-0.3, -0.25) is 4.57 Å². The Balaban J connectivity index is 0.000000220. The maximum absolute atomic E-state index is 11.1. The van der Waals surface area contributed by atoms with Crippen LogP contribution >= 0.6 is 8.03 Å². The molecule has 0 radical (unpaired) electrons. The van der Waals surface area contributed by atoms with Gasteiger partial charge in [-0.2, -0.15) is 0 Å². The Bertz CT molecular complexity index is 589. The molecule has 0 aliphatic carbocycles. The maximum Gasteiger partial charge on any atom is 0.221 e. The van der Waals surface area contributed by atoms with Gasteiger partial charge in [-0.15, -0.1) is 0 Å². The highest BCUT2D eigenvalue weighted by Gasteiger charge is 2.00. The van der Waals surface area contributed by atoms with Gasteiger partial charge in [0.05, 0.1) is 0 Å². The maximum atomic E-state index is 11.1. The molecule has 2 N–H and O–H groups in total. The Morgan fingerprint density at radius 1 is 1.05 bits per heavy atom. The molecular weight excluding hydrogens is 293 g/mol. The zero-order valence-corrected chi connectivity index (χ0v) is 14.8. The van der Waals surface area contributed by atoms with Gasteiger partial charge >= 0.3 is 0 Å². The average molecular weight is 319 g/mol. The summed E-state index contributed by atoms with van der Waals surface area (Å²) in [4.78, 5) is 0. The predicted octanol–water partition coefficient (Wildman–Crippen LogP) is 3.89. The summed E-state index contributed by atoms with van der Waals surface area (Å²) in [6, 6.07) is 13.5. The molecule has 1 unspecified atom stereocenters. The second-order valence-corrected chi connectivity index (χ2v) is 6.64. The van der Waals surface area contributed by atoms with E-state index < -0.39 is 8.03 Å². The first kappa shape index (κ1) is 18.6.